The molecule has 0 atom stereocenters. The average Bonchev–Trinajstić information content (AvgIpc) is 2.27. The molecule has 1 aromatic rings. The number of rotatable bonds is 3. The van der Waals surface area contributed by atoms with Crippen molar-refractivity contribution in [1.82, 2.24) is 4.98 Å². The fraction of sp³-hybridized carbons (Fsp3) is 0.333. The van der Waals surface area contributed by atoms with Crippen molar-refractivity contribution in [2.75, 3.05) is 7.11 Å². The van der Waals surface area contributed by atoms with Crippen LogP contribution in [0, 0.1) is 0 Å². The summed E-state index contributed by atoms with van der Waals surface area (Å²) >= 11 is 8.58. The van der Waals surface area contributed by atoms with Gasteiger partial charge in [0.1, 0.15) is 0 Å². The average molecular weight is 315 g/mol. The molecule has 88 valence electrons. The van der Waals surface area contributed by atoms with E-state index in [1.54, 1.807) is 0 Å². The number of alkyl halides is 3. The van der Waals surface area contributed by atoms with Crippen LogP contribution >= 0.6 is 27.5 Å². The van der Waals surface area contributed by atoms with Gasteiger partial charge in [-0.25, -0.2) is 18.6 Å². The molecule has 0 radical (unpaired) electrons. The molecule has 1 rings (SSSR count). The molecule has 0 saturated carbocycles. The summed E-state index contributed by atoms with van der Waals surface area (Å²) in [6, 6.07) is 0. The first kappa shape index (κ1) is 13.3. The van der Waals surface area contributed by atoms with Crippen LogP contribution in [0.3, 0.4) is 0 Å². The molecule has 1 heterocycles. The second-order valence-electron chi connectivity index (χ2n) is 2.78. The monoisotopic (exact) mass is 313 g/mol. The fourth-order valence-electron chi connectivity index (χ4n) is 1.10. The van der Waals surface area contributed by atoms with Crippen molar-refractivity contribution in [3.63, 3.8) is 0 Å². The lowest BCUT2D eigenvalue weighted by Crippen LogP contribution is -2.09. The molecule has 0 fully saturated rings. The highest BCUT2D eigenvalue weighted by Crippen LogP contribution is 2.31. The molecule has 0 spiro atoms. The van der Waals surface area contributed by atoms with Gasteiger partial charge in [0.05, 0.1) is 11.6 Å². The van der Waals surface area contributed by atoms with Gasteiger partial charge in [-0.1, -0.05) is 0 Å². The standard InChI is InChI=1S/C9H7BrClF2NO2/c1-16-9(15)7-6(10)4(2-11)5(3-14-7)8(12)13/h3,8H,2H2,1H3. The maximum Gasteiger partial charge on any atom is 0.357 e. The van der Waals surface area contributed by atoms with Crippen molar-refractivity contribution in [2.45, 2.75) is 12.3 Å². The highest BCUT2D eigenvalue weighted by atomic mass is 79.9. The number of hydrogen-bond acceptors (Lipinski definition) is 3. The molecular weight excluding hydrogens is 307 g/mol. The lowest BCUT2D eigenvalue weighted by Gasteiger charge is -2.10. The Labute approximate surface area is 104 Å². The maximum absolute atomic E-state index is 12.6. The van der Waals surface area contributed by atoms with Crippen LogP contribution in [-0.4, -0.2) is 18.1 Å². The summed E-state index contributed by atoms with van der Waals surface area (Å²) in [4.78, 5) is 14.9. The summed E-state index contributed by atoms with van der Waals surface area (Å²) in [5.74, 6) is -0.855. The van der Waals surface area contributed by atoms with Crippen molar-refractivity contribution in [2.24, 2.45) is 0 Å². The quantitative estimate of drug-likeness (QED) is 0.635. The highest BCUT2D eigenvalue weighted by molar-refractivity contribution is 9.10. The lowest BCUT2D eigenvalue weighted by molar-refractivity contribution is 0.0592. The summed E-state index contributed by atoms with van der Waals surface area (Å²) in [6.07, 6.45) is -1.76. The number of carbonyl (C=O) groups excluding carboxylic acids is 1. The molecule has 16 heavy (non-hydrogen) atoms. The van der Waals surface area contributed by atoms with Gasteiger partial charge in [-0.15, -0.1) is 11.6 Å². The third-order valence-corrected chi connectivity index (χ3v) is 3.02. The number of halogens is 4. The molecule has 0 aliphatic rings. The minimum atomic E-state index is -2.69. The normalized spacial score (nSPS) is 10.6. The van der Waals surface area contributed by atoms with E-state index in [1.807, 2.05) is 0 Å². The Hall–Kier alpha value is -0.750. The van der Waals surface area contributed by atoms with Gasteiger partial charge in [0.2, 0.25) is 0 Å². The van der Waals surface area contributed by atoms with Crippen LogP contribution in [0.15, 0.2) is 10.7 Å². The number of aromatic nitrogens is 1. The van der Waals surface area contributed by atoms with Gasteiger partial charge in [-0.05, 0) is 21.5 Å². The van der Waals surface area contributed by atoms with Crippen molar-refractivity contribution >= 4 is 33.5 Å². The largest absolute Gasteiger partial charge is 0.464 e. The van der Waals surface area contributed by atoms with Crippen LogP contribution in [0.4, 0.5) is 8.78 Å². The summed E-state index contributed by atoms with van der Waals surface area (Å²) in [5, 5.41) is 0. The molecule has 0 N–H and O–H groups in total. The van der Waals surface area contributed by atoms with E-state index in [0.29, 0.717) is 0 Å². The van der Waals surface area contributed by atoms with E-state index in [9.17, 15) is 13.6 Å². The molecule has 1 aromatic heterocycles. The minimum absolute atomic E-state index is 0.0671. The SMILES string of the molecule is COC(=O)c1ncc(C(F)F)c(CCl)c1Br. The third-order valence-electron chi connectivity index (χ3n) is 1.90. The van der Waals surface area contributed by atoms with Crippen molar-refractivity contribution < 1.29 is 18.3 Å². The first-order valence-electron chi connectivity index (χ1n) is 4.12. The molecule has 0 aliphatic carbocycles. The number of nitrogens with zero attached hydrogens (tertiary/aromatic N) is 1. The molecule has 7 heteroatoms. The molecule has 0 aliphatic heterocycles. The Morgan fingerprint density at radius 3 is 2.75 bits per heavy atom. The van der Waals surface area contributed by atoms with Crippen LogP contribution < -0.4 is 0 Å². The Balaban J connectivity index is 3.34. The Morgan fingerprint density at radius 2 is 2.31 bits per heavy atom. The van der Waals surface area contributed by atoms with Gasteiger partial charge in [-0.3, -0.25) is 0 Å². The summed E-state index contributed by atoms with van der Waals surface area (Å²) in [7, 11) is 1.18. The number of esters is 1. The molecule has 0 aromatic carbocycles. The van der Waals surface area contributed by atoms with Crippen LogP contribution in [0.5, 0.6) is 0 Å². The van der Waals surface area contributed by atoms with Crippen molar-refractivity contribution in [1.29, 1.82) is 0 Å². The van der Waals surface area contributed by atoms with Gasteiger partial charge >= 0.3 is 5.97 Å². The van der Waals surface area contributed by atoms with E-state index in [0.717, 1.165) is 6.20 Å². The molecule has 0 saturated heterocycles. The van der Waals surface area contributed by atoms with E-state index in [1.165, 1.54) is 7.11 Å². The van der Waals surface area contributed by atoms with Gasteiger partial charge in [0, 0.05) is 17.6 Å². The Bertz CT molecular complexity index is 415. The second-order valence-corrected chi connectivity index (χ2v) is 3.84. The molecule has 0 bridgehead atoms. The number of pyridine rings is 1. The van der Waals surface area contributed by atoms with E-state index in [4.69, 9.17) is 11.6 Å². The zero-order valence-corrected chi connectivity index (χ0v) is 10.5. The van der Waals surface area contributed by atoms with E-state index in [2.05, 4.69) is 25.7 Å². The molecule has 0 amide bonds. The zero-order chi connectivity index (χ0) is 12.3. The number of methoxy groups -OCH3 is 1. The smallest absolute Gasteiger partial charge is 0.357 e. The van der Waals surface area contributed by atoms with Crippen LogP contribution in [0.1, 0.15) is 28.0 Å². The number of carbonyl (C=O) groups is 1. The fourth-order valence-corrected chi connectivity index (χ4v) is 2.18. The molecule has 3 nitrogen and oxygen atoms in total. The first-order chi connectivity index (χ1) is 7.52. The van der Waals surface area contributed by atoms with Gasteiger partial charge in [-0.2, -0.15) is 0 Å². The Morgan fingerprint density at radius 1 is 1.69 bits per heavy atom. The van der Waals surface area contributed by atoms with Gasteiger partial charge < -0.3 is 4.74 Å². The summed E-state index contributed by atoms with van der Waals surface area (Å²) in [5.41, 5.74) is -0.218. The predicted molar refractivity (Wildman–Crippen MR) is 57.8 cm³/mol. The van der Waals surface area contributed by atoms with Crippen molar-refractivity contribution in [3.8, 4) is 0 Å². The minimum Gasteiger partial charge on any atom is -0.464 e. The predicted octanol–water partition coefficient (Wildman–Crippen LogP) is 3.31. The topological polar surface area (TPSA) is 39.2 Å². The molecule has 0 unspecified atom stereocenters. The third kappa shape index (κ3) is 2.49. The second kappa shape index (κ2) is 5.54. The highest BCUT2D eigenvalue weighted by Gasteiger charge is 2.21. The first-order valence-corrected chi connectivity index (χ1v) is 5.45. The van der Waals surface area contributed by atoms with Crippen LogP contribution in [0.2, 0.25) is 0 Å². The number of hydrogen-bond donors (Lipinski definition) is 0. The summed E-state index contributed by atoms with van der Waals surface area (Å²) in [6.45, 7) is 0. The van der Waals surface area contributed by atoms with Crippen LogP contribution in [-0.2, 0) is 10.6 Å². The van der Waals surface area contributed by atoms with E-state index < -0.39 is 12.4 Å². The number of ether oxygens (including phenoxy) is 1. The summed E-state index contributed by atoms with van der Waals surface area (Å²) < 4.78 is 29.7. The molecular formula is C9H7BrClF2NO2. The van der Waals surface area contributed by atoms with E-state index >= 15 is 0 Å². The van der Waals surface area contributed by atoms with Gasteiger partial charge in [0.15, 0.2) is 5.69 Å². The Kier molecular flexibility index (Phi) is 4.61. The van der Waals surface area contributed by atoms with Crippen LogP contribution in [0.25, 0.3) is 0 Å². The van der Waals surface area contributed by atoms with Gasteiger partial charge in [0.25, 0.3) is 6.43 Å². The van der Waals surface area contributed by atoms with E-state index in [-0.39, 0.29) is 27.2 Å². The maximum atomic E-state index is 12.6. The zero-order valence-electron chi connectivity index (χ0n) is 8.14. The van der Waals surface area contributed by atoms with Crippen molar-refractivity contribution in [3.05, 3.63) is 27.5 Å². The lowest BCUT2D eigenvalue weighted by atomic mass is 10.1.